The van der Waals surface area contributed by atoms with E-state index in [0.717, 1.165) is 33.7 Å². The zero-order chi connectivity index (χ0) is 23.4. The Hall–Kier alpha value is -3.81. The van der Waals surface area contributed by atoms with Crippen LogP contribution in [0.5, 0.6) is 5.75 Å². The van der Waals surface area contributed by atoms with Crippen molar-refractivity contribution in [1.82, 2.24) is 9.88 Å². The van der Waals surface area contributed by atoms with E-state index in [1.165, 1.54) is 7.11 Å². The quantitative estimate of drug-likeness (QED) is 0.544. The summed E-state index contributed by atoms with van der Waals surface area (Å²) in [6.45, 7) is 3.01. The molecule has 0 atom stereocenters. The van der Waals surface area contributed by atoms with Crippen LogP contribution >= 0.6 is 0 Å². The molecule has 1 aliphatic heterocycles. The fraction of sp³-hybridized carbons (Fsp3) is 0.320. The van der Waals surface area contributed by atoms with Crippen LogP contribution in [0.25, 0.3) is 11.5 Å². The summed E-state index contributed by atoms with van der Waals surface area (Å²) in [4.78, 5) is 29.3. The molecule has 1 aromatic heterocycles. The lowest BCUT2D eigenvalue weighted by Gasteiger charge is -2.13. The molecule has 0 spiro atoms. The third-order valence-corrected chi connectivity index (χ3v) is 5.73. The predicted molar refractivity (Wildman–Crippen MR) is 120 cm³/mol. The van der Waals surface area contributed by atoms with Crippen molar-refractivity contribution >= 4 is 12.1 Å². The van der Waals surface area contributed by atoms with Gasteiger partial charge in [-0.1, -0.05) is 24.3 Å². The highest BCUT2D eigenvalue weighted by Gasteiger charge is 2.29. The number of nitrogens with zero attached hydrogens (tertiary/aromatic N) is 2. The van der Waals surface area contributed by atoms with Crippen LogP contribution in [0.2, 0.25) is 0 Å². The molecule has 2 aromatic carbocycles. The van der Waals surface area contributed by atoms with Crippen LogP contribution in [0.4, 0.5) is 4.79 Å². The number of carbonyl (C=O) groups excluding carboxylic acids is 1. The molecule has 0 bridgehead atoms. The summed E-state index contributed by atoms with van der Waals surface area (Å²) in [7, 11) is 1.35. The molecule has 0 unspecified atom stereocenters. The van der Waals surface area contributed by atoms with Crippen molar-refractivity contribution in [2.75, 3.05) is 13.7 Å². The number of amides is 1. The Morgan fingerprint density at radius 1 is 1.09 bits per heavy atom. The van der Waals surface area contributed by atoms with Gasteiger partial charge in [0.25, 0.3) is 0 Å². The van der Waals surface area contributed by atoms with E-state index in [1.807, 2.05) is 49.4 Å². The van der Waals surface area contributed by atoms with E-state index in [9.17, 15) is 9.59 Å². The van der Waals surface area contributed by atoms with Crippen molar-refractivity contribution in [3.8, 4) is 17.2 Å². The van der Waals surface area contributed by atoms with Gasteiger partial charge in [0.1, 0.15) is 11.5 Å². The number of rotatable bonds is 8. The summed E-state index contributed by atoms with van der Waals surface area (Å²) in [5, 5.41) is 9.05. The van der Waals surface area contributed by atoms with Crippen LogP contribution in [0.15, 0.2) is 46.9 Å². The van der Waals surface area contributed by atoms with Crippen LogP contribution in [-0.2, 0) is 35.5 Å². The second-order valence-electron chi connectivity index (χ2n) is 7.89. The number of carboxylic acid groups (broad SMARTS) is 1. The fourth-order valence-electron chi connectivity index (χ4n) is 4.02. The number of methoxy groups -OCH3 is 1. The number of hydrogen-bond acceptors (Lipinski definition) is 6. The van der Waals surface area contributed by atoms with Gasteiger partial charge in [0.2, 0.25) is 5.89 Å². The Kier molecular flexibility index (Phi) is 6.63. The maximum Gasteiger partial charge on any atom is 0.410 e. The maximum absolute atomic E-state index is 12.1. The van der Waals surface area contributed by atoms with Gasteiger partial charge in [0.05, 0.1) is 32.5 Å². The van der Waals surface area contributed by atoms with Gasteiger partial charge in [0.15, 0.2) is 0 Å². The molecule has 8 heteroatoms. The lowest BCUT2D eigenvalue weighted by molar-refractivity contribution is -0.136. The minimum Gasteiger partial charge on any atom is -0.493 e. The number of aliphatic carboxylic acids is 1. The zero-order valence-electron chi connectivity index (χ0n) is 18.7. The standard InChI is InChI=1S/C25H26N2O6/c1-16-21(26-24(33-16)18-6-4-3-5-7-18)12-13-32-22-10-8-17(9-11-23(28)29)19-14-27(15-20(19)22)25(30)31-2/h3-8,10H,9,11-15H2,1-2H3,(H,28,29). The Morgan fingerprint density at radius 3 is 2.58 bits per heavy atom. The van der Waals surface area contributed by atoms with Crippen LogP contribution < -0.4 is 4.74 Å². The molecule has 172 valence electrons. The molecule has 0 aliphatic carbocycles. The molecular formula is C25H26N2O6. The number of fused-ring (bicyclic) bond motifs is 1. The van der Waals surface area contributed by atoms with Gasteiger partial charge < -0.3 is 19.0 Å². The molecule has 8 nitrogen and oxygen atoms in total. The van der Waals surface area contributed by atoms with E-state index >= 15 is 0 Å². The minimum atomic E-state index is -0.857. The van der Waals surface area contributed by atoms with E-state index < -0.39 is 12.1 Å². The fourth-order valence-corrected chi connectivity index (χ4v) is 4.02. The number of hydrogen-bond donors (Lipinski definition) is 1. The second-order valence-corrected chi connectivity index (χ2v) is 7.89. The van der Waals surface area contributed by atoms with Gasteiger partial charge in [-0.2, -0.15) is 0 Å². The third kappa shape index (κ3) is 5.00. The average molecular weight is 450 g/mol. The van der Waals surface area contributed by atoms with Gasteiger partial charge in [-0.25, -0.2) is 9.78 Å². The van der Waals surface area contributed by atoms with Crippen molar-refractivity contribution in [2.45, 2.75) is 39.3 Å². The summed E-state index contributed by atoms with van der Waals surface area (Å²) in [5.74, 6) is 1.16. The first-order valence-electron chi connectivity index (χ1n) is 10.8. The largest absolute Gasteiger partial charge is 0.493 e. The molecule has 33 heavy (non-hydrogen) atoms. The van der Waals surface area contributed by atoms with E-state index in [1.54, 1.807) is 4.90 Å². The molecule has 0 saturated carbocycles. The highest BCUT2D eigenvalue weighted by molar-refractivity contribution is 5.70. The normalized spacial score (nSPS) is 12.5. The molecule has 2 heterocycles. The van der Waals surface area contributed by atoms with E-state index in [0.29, 0.717) is 44.2 Å². The summed E-state index contributed by atoms with van der Waals surface area (Å²) in [5.41, 5.74) is 4.49. The second kappa shape index (κ2) is 9.77. The number of carbonyl (C=O) groups is 2. The van der Waals surface area contributed by atoms with Crippen LogP contribution in [0.1, 0.15) is 34.6 Å². The van der Waals surface area contributed by atoms with Gasteiger partial charge in [-0.15, -0.1) is 0 Å². The molecule has 1 amide bonds. The van der Waals surface area contributed by atoms with Crippen LogP contribution in [0.3, 0.4) is 0 Å². The smallest absolute Gasteiger partial charge is 0.410 e. The number of carboxylic acids is 1. The zero-order valence-corrected chi connectivity index (χ0v) is 18.7. The summed E-state index contributed by atoms with van der Waals surface area (Å²) < 4.78 is 16.8. The molecule has 3 aromatic rings. The van der Waals surface area contributed by atoms with E-state index in [2.05, 4.69) is 4.98 Å². The van der Waals surface area contributed by atoms with Crippen LogP contribution in [-0.4, -0.2) is 40.8 Å². The third-order valence-electron chi connectivity index (χ3n) is 5.73. The van der Waals surface area contributed by atoms with Crippen LogP contribution in [0, 0.1) is 6.92 Å². The maximum atomic E-state index is 12.1. The molecule has 4 rings (SSSR count). The lowest BCUT2D eigenvalue weighted by atomic mass is 9.99. The lowest BCUT2D eigenvalue weighted by Crippen LogP contribution is -2.25. The Morgan fingerprint density at radius 2 is 1.85 bits per heavy atom. The predicted octanol–water partition coefficient (Wildman–Crippen LogP) is 4.37. The number of aryl methyl sites for hydroxylation is 2. The molecule has 1 N–H and O–H groups in total. The van der Waals surface area contributed by atoms with Gasteiger partial charge in [-0.3, -0.25) is 9.69 Å². The summed E-state index contributed by atoms with van der Waals surface area (Å²) in [6.07, 6.45) is 0.569. The van der Waals surface area contributed by atoms with Gasteiger partial charge >= 0.3 is 12.1 Å². The van der Waals surface area contributed by atoms with E-state index in [4.69, 9.17) is 19.0 Å². The number of aromatic nitrogens is 1. The number of oxazole rings is 1. The highest BCUT2D eigenvalue weighted by atomic mass is 16.5. The highest BCUT2D eigenvalue weighted by Crippen LogP contribution is 2.35. The van der Waals surface area contributed by atoms with Crippen molar-refractivity contribution < 1.29 is 28.6 Å². The molecule has 0 radical (unpaired) electrons. The molecular weight excluding hydrogens is 424 g/mol. The monoisotopic (exact) mass is 450 g/mol. The summed E-state index contributed by atoms with van der Waals surface area (Å²) >= 11 is 0. The molecule has 0 fully saturated rings. The SMILES string of the molecule is COC(=O)N1Cc2c(CCC(=O)O)ccc(OCCc3nc(-c4ccccc4)oc3C)c2C1. The number of ether oxygens (including phenoxy) is 2. The van der Waals surface area contributed by atoms with Crippen molar-refractivity contribution in [2.24, 2.45) is 0 Å². The molecule has 1 aliphatic rings. The Bertz CT molecular complexity index is 1160. The van der Waals surface area contributed by atoms with Gasteiger partial charge in [0, 0.05) is 24.0 Å². The first-order chi connectivity index (χ1) is 16.0. The van der Waals surface area contributed by atoms with Crippen molar-refractivity contribution in [1.29, 1.82) is 0 Å². The van der Waals surface area contributed by atoms with Crippen molar-refractivity contribution in [3.05, 3.63) is 70.6 Å². The average Bonchev–Trinajstić information content (AvgIpc) is 3.43. The van der Waals surface area contributed by atoms with Gasteiger partial charge in [-0.05, 0) is 42.7 Å². The Balaban J connectivity index is 1.48. The van der Waals surface area contributed by atoms with Crippen molar-refractivity contribution in [3.63, 3.8) is 0 Å². The summed E-state index contributed by atoms with van der Waals surface area (Å²) in [6, 6.07) is 13.5. The Labute approximate surface area is 191 Å². The molecule has 0 saturated heterocycles. The first-order valence-corrected chi connectivity index (χ1v) is 10.8. The number of benzene rings is 2. The topological polar surface area (TPSA) is 102 Å². The first kappa shape index (κ1) is 22.4. The minimum absolute atomic E-state index is 0.0278. The van der Waals surface area contributed by atoms with E-state index in [-0.39, 0.29) is 6.42 Å².